The van der Waals surface area contributed by atoms with Crippen LogP contribution in [0, 0.1) is 5.92 Å². The Kier molecular flexibility index (Phi) is 5.06. The average Bonchev–Trinajstić information content (AvgIpc) is 3.37. The average molecular weight is 423 g/mol. The molecule has 3 heterocycles. The molecule has 3 aromatic heterocycles. The SMILES string of the molecule is COCCNC(=O)C1CCc2c(sc3ncnc(Nc4ccc5[nH]ncc5c4)c23)C1. The van der Waals surface area contributed by atoms with Crippen molar-refractivity contribution in [2.24, 2.45) is 5.92 Å². The molecule has 1 aliphatic carbocycles. The van der Waals surface area contributed by atoms with E-state index in [9.17, 15) is 4.79 Å². The topological polar surface area (TPSA) is 105 Å². The standard InChI is InChI=1S/C21H22N6O2S/c1-29-7-6-22-20(28)12-2-4-15-17(9-12)30-21-18(15)19(23-11-24-21)26-14-3-5-16-13(8-14)10-25-27-16/h3,5,8,10-12H,2,4,6-7,9H2,1H3,(H,22,28)(H,25,27)(H,23,24,26). The first-order chi connectivity index (χ1) is 14.7. The van der Waals surface area contributed by atoms with Crippen molar-refractivity contribution in [1.29, 1.82) is 0 Å². The van der Waals surface area contributed by atoms with Crippen molar-refractivity contribution >= 4 is 49.9 Å². The summed E-state index contributed by atoms with van der Waals surface area (Å²) < 4.78 is 5.02. The molecule has 1 aliphatic rings. The Labute approximate surface area is 177 Å². The van der Waals surface area contributed by atoms with Gasteiger partial charge in [0, 0.05) is 35.5 Å². The van der Waals surface area contributed by atoms with Gasteiger partial charge in [-0.25, -0.2) is 9.97 Å². The summed E-state index contributed by atoms with van der Waals surface area (Å²) in [6.45, 7) is 1.08. The zero-order valence-electron chi connectivity index (χ0n) is 16.6. The van der Waals surface area contributed by atoms with Crippen LogP contribution in [0.15, 0.2) is 30.7 Å². The van der Waals surface area contributed by atoms with Gasteiger partial charge in [0.1, 0.15) is 17.0 Å². The Hall–Kier alpha value is -3.04. The molecule has 1 atom stereocenters. The number of benzene rings is 1. The predicted octanol–water partition coefficient (Wildman–Crippen LogP) is 3.18. The van der Waals surface area contributed by atoms with Crippen LogP contribution in [0.3, 0.4) is 0 Å². The molecule has 0 aliphatic heterocycles. The number of rotatable bonds is 6. The van der Waals surface area contributed by atoms with Crippen molar-refractivity contribution in [1.82, 2.24) is 25.5 Å². The number of carbonyl (C=O) groups excluding carboxylic acids is 1. The second kappa shape index (κ2) is 8.00. The second-order valence-corrected chi connectivity index (χ2v) is 8.51. The molecule has 1 aromatic carbocycles. The lowest BCUT2D eigenvalue weighted by Gasteiger charge is -2.21. The summed E-state index contributed by atoms with van der Waals surface area (Å²) in [5.41, 5.74) is 3.22. The van der Waals surface area contributed by atoms with Gasteiger partial charge in [0.15, 0.2) is 0 Å². The largest absolute Gasteiger partial charge is 0.383 e. The molecular weight excluding hydrogens is 400 g/mol. The van der Waals surface area contributed by atoms with Crippen LogP contribution in [0.4, 0.5) is 11.5 Å². The maximum Gasteiger partial charge on any atom is 0.223 e. The summed E-state index contributed by atoms with van der Waals surface area (Å²) in [5.74, 6) is 0.909. The number of nitrogens with zero attached hydrogens (tertiary/aromatic N) is 3. The van der Waals surface area contributed by atoms with E-state index in [1.54, 1.807) is 31.0 Å². The molecule has 0 saturated carbocycles. The Morgan fingerprint density at radius 3 is 3.20 bits per heavy atom. The van der Waals surface area contributed by atoms with E-state index in [-0.39, 0.29) is 11.8 Å². The summed E-state index contributed by atoms with van der Waals surface area (Å²) in [6.07, 6.45) is 5.82. The first kappa shape index (κ1) is 19.0. The molecule has 4 aromatic rings. The highest BCUT2D eigenvalue weighted by Gasteiger charge is 2.29. The van der Waals surface area contributed by atoms with E-state index in [2.05, 4.69) is 30.8 Å². The first-order valence-electron chi connectivity index (χ1n) is 9.95. The number of methoxy groups -OCH3 is 1. The number of amides is 1. The Balaban J connectivity index is 1.41. The van der Waals surface area contributed by atoms with Gasteiger partial charge in [0.05, 0.1) is 23.7 Å². The van der Waals surface area contributed by atoms with Crippen LogP contribution in [0.25, 0.3) is 21.1 Å². The fourth-order valence-corrected chi connectivity index (χ4v) is 5.27. The number of aromatic amines is 1. The molecule has 0 radical (unpaired) electrons. The lowest BCUT2D eigenvalue weighted by Crippen LogP contribution is -2.35. The normalized spacial score (nSPS) is 16.0. The molecule has 154 valence electrons. The Morgan fingerprint density at radius 1 is 1.37 bits per heavy atom. The molecule has 0 bridgehead atoms. The minimum Gasteiger partial charge on any atom is -0.383 e. The molecule has 1 unspecified atom stereocenters. The van der Waals surface area contributed by atoms with Crippen molar-refractivity contribution in [2.45, 2.75) is 19.3 Å². The third-order valence-electron chi connectivity index (χ3n) is 5.52. The van der Waals surface area contributed by atoms with Crippen LogP contribution in [0.5, 0.6) is 0 Å². The highest BCUT2D eigenvalue weighted by atomic mass is 32.1. The lowest BCUT2D eigenvalue weighted by atomic mass is 9.87. The minimum atomic E-state index is -0.00437. The van der Waals surface area contributed by atoms with Crippen molar-refractivity contribution in [3.63, 3.8) is 0 Å². The van der Waals surface area contributed by atoms with E-state index in [4.69, 9.17) is 4.74 Å². The van der Waals surface area contributed by atoms with Crippen LogP contribution >= 0.6 is 11.3 Å². The van der Waals surface area contributed by atoms with Gasteiger partial charge in [0.25, 0.3) is 0 Å². The monoisotopic (exact) mass is 422 g/mol. The molecule has 3 N–H and O–H groups in total. The van der Waals surface area contributed by atoms with E-state index >= 15 is 0 Å². The predicted molar refractivity (Wildman–Crippen MR) is 117 cm³/mol. The van der Waals surface area contributed by atoms with E-state index in [1.807, 2.05) is 18.2 Å². The quantitative estimate of drug-likeness (QED) is 0.412. The maximum absolute atomic E-state index is 12.5. The number of aromatic nitrogens is 4. The summed E-state index contributed by atoms with van der Waals surface area (Å²) in [7, 11) is 1.64. The van der Waals surface area contributed by atoms with Crippen molar-refractivity contribution in [3.05, 3.63) is 41.2 Å². The number of thiophene rings is 1. The summed E-state index contributed by atoms with van der Waals surface area (Å²) >= 11 is 1.67. The maximum atomic E-state index is 12.5. The van der Waals surface area contributed by atoms with Crippen LogP contribution in [0.1, 0.15) is 16.9 Å². The van der Waals surface area contributed by atoms with Gasteiger partial charge in [0.2, 0.25) is 5.91 Å². The molecule has 0 saturated heterocycles. The zero-order valence-corrected chi connectivity index (χ0v) is 17.4. The summed E-state index contributed by atoms with van der Waals surface area (Å²) in [5, 5.41) is 15.6. The van der Waals surface area contributed by atoms with Gasteiger partial charge in [-0.2, -0.15) is 5.10 Å². The highest BCUT2D eigenvalue weighted by Crippen LogP contribution is 2.40. The number of ether oxygens (including phenoxy) is 1. The van der Waals surface area contributed by atoms with Gasteiger partial charge < -0.3 is 15.4 Å². The van der Waals surface area contributed by atoms with E-state index in [0.29, 0.717) is 13.2 Å². The number of hydrogen-bond donors (Lipinski definition) is 3. The fourth-order valence-electron chi connectivity index (χ4n) is 4.01. The van der Waals surface area contributed by atoms with Gasteiger partial charge in [-0.15, -0.1) is 11.3 Å². The third kappa shape index (κ3) is 3.50. The van der Waals surface area contributed by atoms with Gasteiger partial charge >= 0.3 is 0 Å². The zero-order chi connectivity index (χ0) is 20.5. The first-order valence-corrected chi connectivity index (χ1v) is 10.8. The molecular formula is C21H22N6O2S. The van der Waals surface area contributed by atoms with Crippen LogP contribution in [-0.2, 0) is 22.4 Å². The Bertz CT molecular complexity index is 1220. The highest BCUT2D eigenvalue weighted by molar-refractivity contribution is 7.19. The number of carbonyl (C=O) groups is 1. The fraction of sp³-hybridized carbons (Fsp3) is 0.333. The number of aryl methyl sites for hydroxylation is 1. The smallest absolute Gasteiger partial charge is 0.223 e. The summed E-state index contributed by atoms with van der Waals surface area (Å²) in [6, 6.07) is 6.05. The Morgan fingerprint density at radius 2 is 2.30 bits per heavy atom. The number of anilines is 2. The van der Waals surface area contributed by atoms with Crippen molar-refractivity contribution in [3.8, 4) is 0 Å². The number of fused-ring (bicyclic) bond motifs is 4. The van der Waals surface area contributed by atoms with E-state index in [1.165, 1.54) is 10.4 Å². The van der Waals surface area contributed by atoms with Gasteiger partial charge in [-0.05, 0) is 43.0 Å². The molecule has 0 spiro atoms. The second-order valence-electron chi connectivity index (χ2n) is 7.43. The van der Waals surface area contributed by atoms with E-state index < -0.39 is 0 Å². The summed E-state index contributed by atoms with van der Waals surface area (Å²) in [4.78, 5) is 23.7. The van der Waals surface area contributed by atoms with Crippen LogP contribution in [-0.4, -0.2) is 46.3 Å². The lowest BCUT2D eigenvalue weighted by molar-refractivity contribution is -0.125. The van der Waals surface area contributed by atoms with Crippen molar-refractivity contribution < 1.29 is 9.53 Å². The van der Waals surface area contributed by atoms with Gasteiger partial charge in [-0.3, -0.25) is 9.89 Å². The molecule has 8 nitrogen and oxygen atoms in total. The number of hydrogen-bond acceptors (Lipinski definition) is 7. The van der Waals surface area contributed by atoms with Crippen LogP contribution < -0.4 is 10.6 Å². The number of H-pyrrole nitrogens is 1. The molecule has 1 amide bonds. The van der Waals surface area contributed by atoms with Gasteiger partial charge in [-0.1, -0.05) is 0 Å². The minimum absolute atomic E-state index is 0.00437. The molecule has 5 rings (SSSR count). The van der Waals surface area contributed by atoms with Crippen molar-refractivity contribution in [2.75, 3.05) is 25.6 Å². The molecule has 9 heteroatoms. The van der Waals surface area contributed by atoms with Crippen LogP contribution in [0.2, 0.25) is 0 Å². The molecule has 0 fully saturated rings. The number of nitrogens with one attached hydrogen (secondary N) is 3. The third-order valence-corrected chi connectivity index (χ3v) is 6.69. The molecule has 30 heavy (non-hydrogen) atoms. The van der Waals surface area contributed by atoms with E-state index in [0.717, 1.165) is 51.9 Å².